The molecule has 3 unspecified atom stereocenters. The number of nitrogens with zero attached hydrogens (tertiary/aromatic N) is 1. The smallest absolute Gasteiger partial charge is 0.251 e. The first-order valence-corrected chi connectivity index (χ1v) is 5.48. The monoisotopic (exact) mass is 242 g/mol. The Morgan fingerprint density at radius 3 is 3.00 bits per heavy atom. The normalized spacial score (nSPS) is 44.2. The van der Waals surface area contributed by atoms with Gasteiger partial charge in [0.05, 0.1) is 6.61 Å². The molecule has 0 aromatic heterocycles. The summed E-state index contributed by atoms with van der Waals surface area (Å²) >= 11 is 0. The number of nitrogens with one attached hydrogen (secondary N) is 1. The first-order valence-electron chi connectivity index (χ1n) is 5.48. The number of rotatable bonds is 1. The molecule has 3 rings (SSSR count). The number of hydrogen-bond donors (Lipinski definition) is 3. The van der Waals surface area contributed by atoms with Crippen LogP contribution in [-0.2, 0) is 14.3 Å². The molecule has 3 aliphatic heterocycles. The third-order valence-electron chi connectivity index (χ3n) is 3.30. The Morgan fingerprint density at radius 2 is 2.29 bits per heavy atom. The summed E-state index contributed by atoms with van der Waals surface area (Å²) in [5.41, 5.74) is 0.552. The van der Waals surface area contributed by atoms with E-state index in [1.165, 1.54) is 0 Å². The van der Waals surface area contributed by atoms with Gasteiger partial charge in [0.25, 0.3) is 5.91 Å². The van der Waals surface area contributed by atoms with E-state index in [2.05, 4.69) is 5.32 Å². The van der Waals surface area contributed by atoms with Gasteiger partial charge in [0, 0.05) is 11.8 Å². The van der Waals surface area contributed by atoms with Crippen LogP contribution < -0.4 is 5.32 Å². The maximum absolute atomic E-state index is 11.4. The lowest BCUT2D eigenvalue weighted by molar-refractivity contribution is -0.134. The molecule has 7 nitrogen and oxygen atoms in total. The van der Waals surface area contributed by atoms with Crippen molar-refractivity contribution in [1.82, 2.24) is 10.2 Å². The van der Waals surface area contributed by atoms with E-state index in [4.69, 9.17) is 14.6 Å². The lowest BCUT2D eigenvalue weighted by Crippen LogP contribution is -2.50. The fourth-order valence-electron chi connectivity index (χ4n) is 2.37. The summed E-state index contributed by atoms with van der Waals surface area (Å²) in [6.07, 6.45) is -1.50. The maximum atomic E-state index is 11.4. The number of hydrogen-bond acceptors (Lipinski definition) is 6. The second-order valence-electron chi connectivity index (χ2n) is 4.42. The van der Waals surface area contributed by atoms with E-state index in [-0.39, 0.29) is 12.5 Å². The number of ether oxygens (including phenoxy) is 2. The molecule has 3 N–H and O–H groups in total. The number of fused-ring (bicyclic) bond motifs is 3. The fourth-order valence-corrected chi connectivity index (χ4v) is 2.37. The van der Waals surface area contributed by atoms with Crippen LogP contribution in [0.2, 0.25) is 0 Å². The largest absolute Gasteiger partial charge is 0.394 e. The van der Waals surface area contributed by atoms with E-state index in [0.717, 1.165) is 0 Å². The molecule has 3 aliphatic rings. The highest BCUT2D eigenvalue weighted by atomic mass is 16.6. The van der Waals surface area contributed by atoms with Gasteiger partial charge in [-0.05, 0) is 6.92 Å². The minimum absolute atomic E-state index is 0.195. The van der Waals surface area contributed by atoms with Gasteiger partial charge >= 0.3 is 0 Å². The van der Waals surface area contributed by atoms with E-state index >= 15 is 0 Å². The molecule has 94 valence electrons. The zero-order valence-electron chi connectivity index (χ0n) is 9.24. The summed E-state index contributed by atoms with van der Waals surface area (Å²) < 4.78 is 11.0. The van der Waals surface area contributed by atoms with Crippen molar-refractivity contribution in [3.8, 4) is 0 Å². The molecule has 17 heavy (non-hydrogen) atoms. The molecule has 1 amide bonds. The van der Waals surface area contributed by atoms with E-state index in [0.29, 0.717) is 5.57 Å². The first-order chi connectivity index (χ1) is 8.11. The molecule has 0 radical (unpaired) electrons. The van der Waals surface area contributed by atoms with E-state index in [9.17, 15) is 9.90 Å². The average Bonchev–Trinajstić information content (AvgIpc) is 2.78. The molecule has 0 aromatic rings. The van der Waals surface area contributed by atoms with Crippen molar-refractivity contribution < 1.29 is 24.5 Å². The minimum atomic E-state index is -0.888. The third-order valence-corrected chi connectivity index (χ3v) is 3.30. The summed E-state index contributed by atoms with van der Waals surface area (Å²) in [5.74, 6) is -0.195. The first kappa shape index (κ1) is 11.0. The van der Waals surface area contributed by atoms with Crippen LogP contribution in [0.15, 0.2) is 11.8 Å². The van der Waals surface area contributed by atoms with Gasteiger partial charge in [-0.2, -0.15) is 0 Å². The highest BCUT2D eigenvalue weighted by Gasteiger charge is 2.55. The van der Waals surface area contributed by atoms with Crippen molar-refractivity contribution in [3.05, 3.63) is 11.8 Å². The van der Waals surface area contributed by atoms with Gasteiger partial charge in [-0.1, -0.05) is 0 Å². The van der Waals surface area contributed by atoms with Crippen molar-refractivity contribution >= 4 is 5.91 Å². The van der Waals surface area contributed by atoms with E-state index < -0.39 is 30.9 Å². The molecule has 3 heterocycles. The quantitative estimate of drug-likeness (QED) is 0.496. The Labute approximate surface area is 97.6 Å². The van der Waals surface area contributed by atoms with Crippen LogP contribution in [0.4, 0.5) is 0 Å². The predicted octanol–water partition coefficient (Wildman–Crippen LogP) is -1.92. The summed E-state index contributed by atoms with van der Waals surface area (Å²) in [6.45, 7) is 1.43. The standard InChI is InChI=1S/C10H14N2O5/c1-4-2-12-9-7(6(14)5(3-13)16-9)17-10(12)11-8(4)15/h2,5-7,9-10,13-14H,3H2,1H3,(H,11,15)/t5-,6?,7?,9+,10?/m1/s1. The number of aliphatic hydroxyl groups is 2. The molecule has 0 aliphatic carbocycles. The Hall–Kier alpha value is -1.15. The van der Waals surface area contributed by atoms with Crippen LogP contribution in [0.25, 0.3) is 0 Å². The summed E-state index contributed by atoms with van der Waals surface area (Å²) in [7, 11) is 0. The molecule has 5 atom stereocenters. The summed E-state index contributed by atoms with van der Waals surface area (Å²) in [4.78, 5) is 13.1. The van der Waals surface area contributed by atoms with E-state index in [1.54, 1.807) is 18.0 Å². The van der Waals surface area contributed by atoms with Crippen molar-refractivity contribution in [2.24, 2.45) is 0 Å². The van der Waals surface area contributed by atoms with Gasteiger partial charge < -0.3 is 29.9 Å². The number of amides is 1. The van der Waals surface area contributed by atoms with Crippen LogP contribution in [0.1, 0.15) is 6.92 Å². The zero-order chi connectivity index (χ0) is 12.2. The molecule has 0 aromatic carbocycles. The zero-order valence-corrected chi connectivity index (χ0v) is 9.24. The van der Waals surface area contributed by atoms with Crippen molar-refractivity contribution in [1.29, 1.82) is 0 Å². The average molecular weight is 242 g/mol. The van der Waals surface area contributed by atoms with Gasteiger partial charge in [-0.15, -0.1) is 0 Å². The maximum Gasteiger partial charge on any atom is 0.251 e. The molecular weight excluding hydrogens is 228 g/mol. The molecule has 2 fully saturated rings. The topological polar surface area (TPSA) is 91.3 Å². The second kappa shape index (κ2) is 3.67. The Morgan fingerprint density at radius 1 is 1.53 bits per heavy atom. The number of carbonyl (C=O) groups is 1. The van der Waals surface area contributed by atoms with Gasteiger partial charge in [-0.25, -0.2) is 0 Å². The SMILES string of the molecule is CC1=CN2C(NC1=O)OC1C(O)[C@@H](CO)O[C@@H]12. The summed E-state index contributed by atoms with van der Waals surface area (Å²) in [6, 6.07) is 0. The number of aliphatic hydroxyl groups excluding tert-OH is 2. The minimum Gasteiger partial charge on any atom is -0.394 e. The van der Waals surface area contributed by atoms with E-state index in [1.807, 2.05) is 0 Å². The molecule has 2 saturated heterocycles. The highest BCUT2D eigenvalue weighted by molar-refractivity contribution is 5.93. The van der Waals surface area contributed by atoms with Crippen molar-refractivity contribution in [2.75, 3.05) is 6.61 Å². The molecular formula is C10H14N2O5. The van der Waals surface area contributed by atoms with Gasteiger partial charge in [0.15, 0.2) is 6.23 Å². The molecule has 0 bridgehead atoms. The van der Waals surface area contributed by atoms with Crippen LogP contribution in [0.3, 0.4) is 0 Å². The predicted molar refractivity (Wildman–Crippen MR) is 54.2 cm³/mol. The van der Waals surface area contributed by atoms with Crippen LogP contribution in [0, 0.1) is 0 Å². The Bertz CT molecular complexity index is 385. The molecule has 7 heteroatoms. The van der Waals surface area contributed by atoms with Crippen molar-refractivity contribution in [2.45, 2.75) is 37.8 Å². The van der Waals surface area contributed by atoms with Crippen LogP contribution in [-0.4, -0.2) is 58.5 Å². The Balaban J connectivity index is 1.86. The van der Waals surface area contributed by atoms with Crippen LogP contribution >= 0.6 is 0 Å². The van der Waals surface area contributed by atoms with Gasteiger partial charge in [0.1, 0.15) is 18.3 Å². The summed E-state index contributed by atoms with van der Waals surface area (Å²) in [5, 5.41) is 21.6. The lowest BCUT2D eigenvalue weighted by atomic mass is 10.1. The van der Waals surface area contributed by atoms with Crippen molar-refractivity contribution in [3.63, 3.8) is 0 Å². The highest BCUT2D eigenvalue weighted by Crippen LogP contribution is 2.35. The van der Waals surface area contributed by atoms with Gasteiger partial charge in [0.2, 0.25) is 6.35 Å². The molecule has 0 saturated carbocycles. The Kier molecular flexibility index (Phi) is 2.37. The lowest BCUT2D eigenvalue weighted by Gasteiger charge is -2.31. The number of carbonyl (C=O) groups excluding carboxylic acids is 1. The molecule has 0 spiro atoms. The second-order valence-corrected chi connectivity index (χ2v) is 4.42. The van der Waals surface area contributed by atoms with Crippen LogP contribution in [0.5, 0.6) is 0 Å². The third kappa shape index (κ3) is 1.47. The van der Waals surface area contributed by atoms with Gasteiger partial charge in [-0.3, -0.25) is 4.79 Å². The fraction of sp³-hybridized carbons (Fsp3) is 0.700.